The van der Waals surface area contributed by atoms with Gasteiger partial charge in [0, 0.05) is 31.7 Å². The number of methoxy groups -OCH3 is 1. The van der Waals surface area contributed by atoms with Crippen LogP contribution in [0.3, 0.4) is 0 Å². The third-order valence-electron chi connectivity index (χ3n) is 5.13. The maximum absolute atomic E-state index is 11.3. The Morgan fingerprint density at radius 1 is 1.19 bits per heavy atom. The highest BCUT2D eigenvalue weighted by molar-refractivity contribution is 5.69. The second-order valence-electron chi connectivity index (χ2n) is 6.79. The second-order valence-corrected chi connectivity index (χ2v) is 6.79. The lowest BCUT2D eigenvalue weighted by atomic mass is 9.89. The molecule has 21 heavy (non-hydrogen) atoms. The molecule has 1 heterocycles. The van der Waals surface area contributed by atoms with Crippen molar-refractivity contribution in [2.45, 2.75) is 70.4 Å². The van der Waals surface area contributed by atoms with E-state index in [-0.39, 0.29) is 5.97 Å². The fourth-order valence-electron chi connectivity index (χ4n) is 3.86. The normalized spacial score (nSPS) is 28.5. The predicted molar refractivity (Wildman–Crippen MR) is 85.3 cm³/mol. The lowest BCUT2D eigenvalue weighted by Gasteiger charge is -2.40. The van der Waals surface area contributed by atoms with Gasteiger partial charge in [0.1, 0.15) is 0 Å². The number of esters is 1. The quantitative estimate of drug-likeness (QED) is 0.765. The van der Waals surface area contributed by atoms with Crippen LogP contribution in [0.15, 0.2) is 0 Å². The molecule has 122 valence electrons. The van der Waals surface area contributed by atoms with Gasteiger partial charge in [0.15, 0.2) is 0 Å². The number of rotatable bonds is 6. The Kier molecular flexibility index (Phi) is 6.97. The fraction of sp³-hybridized carbons (Fsp3) is 0.941. The van der Waals surface area contributed by atoms with E-state index in [2.05, 4.69) is 17.1 Å². The van der Waals surface area contributed by atoms with Crippen molar-refractivity contribution in [1.29, 1.82) is 0 Å². The first kappa shape index (κ1) is 16.8. The zero-order valence-electron chi connectivity index (χ0n) is 13.8. The van der Waals surface area contributed by atoms with E-state index in [0.717, 1.165) is 31.6 Å². The monoisotopic (exact) mass is 296 g/mol. The van der Waals surface area contributed by atoms with Gasteiger partial charge in [0.05, 0.1) is 13.5 Å². The minimum atomic E-state index is -0.0922. The first-order valence-electron chi connectivity index (χ1n) is 8.76. The van der Waals surface area contributed by atoms with Gasteiger partial charge in [-0.3, -0.25) is 4.79 Å². The summed E-state index contributed by atoms with van der Waals surface area (Å²) in [5.41, 5.74) is 0. The van der Waals surface area contributed by atoms with Crippen molar-refractivity contribution in [3.8, 4) is 0 Å². The van der Waals surface area contributed by atoms with Crippen LogP contribution in [-0.2, 0) is 9.53 Å². The SMILES string of the molecule is CCC1CC(NC2CCCCC2)CN(CCC(=O)OC)C1. The van der Waals surface area contributed by atoms with Gasteiger partial charge in [-0.2, -0.15) is 0 Å². The summed E-state index contributed by atoms with van der Waals surface area (Å²) in [6.07, 6.45) is 9.90. The van der Waals surface area contributed by atoms with E-state index in [0.29, 0.717) is 12.5 Å². The van der Waals surface area contributed by atoms with Crippen molar-refractivity contribution in [3.05, 3.63) is 0 Å². The Morgan fingerprint density at radius 3 is 2.62 bits per heavy atom. The summed E-state index contributed by atoms with van der Waals surface area (Å²) in [6.45, 7) is 5.35. The van der Waals surface area contributed by atoms with Gasteiger partial charge in [-0.1, -0.05) is 32.6 Å². The molecule has 0 spiro atoms. The summed E-state index contributed by atoms with van der Waals surface area (Å²) in [5, 5.41) is 3.90. The maximum Gasteiger partial charge on any atom is 0.306 e. The lowest BCUT2D eigenvalue weighted by molar-refractivity contribution is -0.141. The third kappa shape index (κ3) is 5.59. The molecular formula is C17H32N2O2. The number of hydrogen-bond donors (Lipinski definition) is 1. The highest BCUT2D eigenvalue weighted by Gasteiger charge is 2.28. The summed E-state index contributed by atoms with van der Waals surface area (Å²) in [6, 6.07) is 1.33. The van der Waals surface area contributed by atoms with Gasteiger partial charge in [-0.15, -0.1) is 0 Å². The molecule has 1 saturated heterocycles. The van der Waals surface area contributed by atoms with E-state index in [9.17, 15) is 4.79 Å². The van der Waals surface area contributed by atoms with Crippen LogP contribution < -0.4 is 5.32 Å². The molecule has 0 radical (unpaired) electrons. The minimum absolute atomic E-state index is 0.0922. The molecule has 2 unspecified atom stereocenters. The van der Waals surface area contributed by atoms with Crippen LogP contribution in [0.2, 0.25) is 0 Å². The van der Waals surface area contributed by atoms with Crippen molar-refractivity contribution >= 4 is 5.97 Å². The zero-order valence-corrected chi connectivity index (χ0v) is 13.8. The molecule has 2 aliphatic rings. The first-order chi connectivity index (χ1) is 10.2. The lowest BCUT2D eigenvalue weighted by Crippen LogP contribution is -2.52. The zero-order chi connectivity index (χ0) is 15.1. The summed E-state index contributed by atoms with van der Waals surface area (Å²) < 4.78 is 4.76. The van der Waals surface area contributed by atoms with E-state index in [1.165, 1.54) is 52.1 Å². The molecule has 0 aromatic carbocycles. The first-order valence-corrected chi connectivity index (χ1v) is 8.76. The minimum Gasteiger partial charge on any atom is -0.469 e. The molecule has 1 aliphatic carbocycles. The smallest absolute Gasteiger partial charge is 0.306 e. The topological polar surface area (TPSA) is 41.6 Å². The number of carbonyl (C=O) groups is 1. The molecule has 0 amide bonds. The van der Waals surface area contributed by atoms with Crippen LogP contribution >= 0.6 is 0 Å². The Hall–Kier alpha value is -0.610. The van der Waals surface area contributed by atoms with E-state index in [1.807, 2.05) is 0 Å². The molecule has 2 fully saturated rings. The summed E-state index contributed by atoms with van der Waals surface area (Å²) in [5.74, 6) is 0.669. The molecular weight excluding hydrogens is 264 g/mol. The highest BCUT2D eigenvalue weighted by Crippen LogP contribution is 2.23. The molecule has 0 aromatic heterocycles. The van der Waals surface area contributed by atoms with Crippen molar-refractivity contribution in [2.75, 3.05) is 26.7 Å². The number of nitrogens with one attached hydrogen (secondary N) is 1. The number of ether oxygens (including phenoxy) is 1. The molecule has 4 nitrogen and oxygen atoms in total. The number of piperidine rings is 1. The predicted octanol–water partition coefficient (Wildman–Crippen LogP) is 2.57. The number of hydrogen-bond acceptors (Lipinski definition) is 4. The molecule has 2 atom stereocenters. The van der Waals surface area contributed by atoms with Crippen molar-refractivity contribution in [3.63, 3.8) is 0 Å². The average Bonchev–Trinajstić information content (AvgIpc) is 2.53. The molecule has 1 aliphatic heterocycles. The summed E-state index contributed by atoms with van der Waals surface area (Å²) in [7, 11) is 1.47. The Balaban J connectivity index is 1.81. The van der Waals surface area contributed by atoms with E-state index >= 15 is 0 Å². The van der Waals surface area contributed by atoms with Crippen molar-refractivity contribution in [2.24, 2.45) is 5.92 Å². The average molecular weight is 296 g/mol. The van der Waals surface area contributed by atoms with Gasteiger partial charge < -0.3 is 15.0 Å². The van der Waals surface area contributed by atoms with Crippen molar-refractivity contribution < 1.29 is 9.53 Å². The van der Waals surface area contributed by atoms with Crippen LogP contribution in [0.25, 0.3) is 0 Å². The van der Waals surface area contributed by atoms with Crippen LogP contribution in [0.1, 0.15) is 58.3 Å². The second kappa shape index (κ2) is 8.74. The fourth-order valence-corrected chi connectivity index (χ4v) is 3.86. The van der Waals surface area contributed by atoms with Gasteiger partial charge in [-0.05, 0) is 25.2 Å². The van der Waals surface area contributed by atoms with Crippen LogP contribution in [0, 0.1) is 5.92 Å². The molecule has 0 aromatic rings. The Morgan fingerprint density at radius 2 is 1.95 bits per heavy atom. The molecule has 2 rings (SSSR count). The van der Waals surface area contributed by atoms with Crippen LogP contribution in [0.4, 0.5) is 0 Å². The Bertz CT molecular complexity index is 316. The van der Waals surface area contributed by atoms with E-state index in [4.69, 9.17) is 4.74 Å². The Labute approximate surface area is 129 Å². The largest absolute Gasteiger partial charge is 0.469 e. The number of likely N-dealkylation sites (tertiary alicyclic amines) is 1. The molecule has 4 heteroatoms. The number of carbonyl (C=O) groups excluding carboxylic acids is 1. The third-order valence-corrected chi connectivity index (χ3v) is 5.13. The van der Waals surface area contributed by atoms with Gasteiger partial charge in [0.2, 0.25) is 0 Å². The van der Waals surface area contributed by atoms with Crippen molar-refractivity contribution in [1.82, 2.24) is 10.2 Å². The van der Waals surface area contributed by atoms with Gasteiger partial charge in [-0.25, -0.2) is 0 Å². The number of nitrogens with zero attached hydrogens (tertiary/aromatic N) is 1. The molecule has 1 saturated carbocycles. The van der Waals surface area contributed by atoms with Crippen LogP contribution in [0.5, 0.6) is 0 Å². The molecule has 1 N–H and O–H groups in total. The highest BCUT2D eigenvalue weighted by atomic mass is 16.5. The van der Waals surface area contributed by atoms with E-state index < -0.39 is 0 Å². The maximum atomic E-state index is 11.3. The van der Waals surface area contributed by atoms with Gasteiger partial charge >= 0.3 is 5.97 Å². The van der Waals surface area contributed by atoms with E-state index in [1.54, 1.807) is 0 Å². The summed E-state index contributed by atoms with van der Waals surface area (Å²) >= 11 is 0. The van der Waals surface area contributed by atoms with Gasteiger partial charge in [0.25, 0.3) is 0 Å². The van der Waals surface area contributed by atoms with Crippen LogP contribution in [-0.4, -0.2) is 49.7 Å². The molecule has 0 bridgehead atoms. The standard InChI is InChI=1S/C17H32N2O2/c1-3-14-11-16(18-15-7-5-4-6-8-15)13-19(12-14)10-9-17(20)21-2/h14-16,18H,3-13H2,1-2H3. The summed E-state index contributed by atoms with van der Waals surface area (Å²) in [4.78, 5) is 13.8.